The van der Waals surface area contributed by atoms with Crippen molar-refractivity contribution in [3.63, 3.8) is 0 Å². The van der Waals surface area contributed by atoms with E-state index in [0.29, 0.717) is 31.9 Å². The molecule has 0 aliphatic rings. The second-order valence-corrected chi connectivity index (χ2v) is 8.87. The van der Waals surface area contributed by atoms with Crippen molar-refractivity contribution in [2.24, 2.45) is 4.99 Å². The van der Waals surface area contributed by atoms with Gasteiger partial charge in [-0.2, -0.15) is 0 Å². The van der Waals surface area contributed by atoms with Gasteiger partial charge in [0.25, 0.3) is 0 Å². The van der Waals surface area contributed by atoms with Crippen LogP contribution in [-0.2, 0) is 0 Å². The third-order valence-electron chi connectivity index (χ3n) is 4.65. The van der Waals surface area contributed by atoms with Crippen molar-refractivity contribution in [1.29, 1.82) is 0 Å². The minimum Gasteiger partial charge on any atom is -0.438 e. The molecule has 5 rings (SSSR count). The number of benzene rings is 3. The lowest BCUT2D eigenvalue weighted by molar-refractivity contribution is 0.547. The van der Waals surface area contributed by atoms with Crippen LogP contribution in [0, 0.1) is 0 Å². The molecule has 3 aromatic carbocycles. The van der Waals surface area contributed by atoms with Gasteiger partial charge in [0, 0.05) is 21.4 Å². The van der Waals surface area contributed by atoms with E-state index in [0.717, 1.165) is 27.2 Å². The molecular weight excluding hydrogens is 471 g/mol. The molecule has 3 nitrogen and oxygen atoms in total. The Morgan fingerprint density at radius 3 is 2.48 bits per heavy atom. The van der Waals surface area contributed by atoms with Crippen LogP contribution in [0.2, 0.25) is 15.1 Å². The molecule has 0 saturated heterocycles. The van der Waals surface area contributed by atoms with Crippen LogP contribution in [0.5, 0.6) is 0 Å². The van der Waals surface area contributed by atoms with E-state index in [4.69, 9.17) is 49.2 Å². The number of rotatable bonds is 3. The molecule has 5 aromatic rings. The molecule has 0 bridgehead atoms. The molecule has 0 atom stereocenters. The molecule has 0 amide bonds. The summed E-state index contributed by atoms with van der Waals surface area (Å²) in [6.07, 6.45) is 0. The summed E-state index contributed by atoms with van der Waals surface area (Å²) >= 11 is 19.9. The molecule has 0 spiro atoms. The van der Waals surface area contributed by atoms with Crippen LogP contribution >= 0.6 is 46.1 Å². The maximum atomic E-state index is 6.20. The average Bonchev–Trinajstić information content (AvgIpc) is 3.27. The molecular formula is C24H13Cl3N2OS. The number of hydrogen-bond donors (Lipinski definition) is 0. The van der Waals surface area contributed by atoms with Gasteiger partial charge < -0.3 is 4.42 Å². The lowest BCUT2D eigenvalue weighted by Gasteiger charge is -2.04. The van der Waals surface area contributed by atoms with Crippen LogP contribution in [0.25, 0.3) is 32.8 Å². The van der Waals surface area contributed by atoms with Crippen LogP contribution in [0.1, 0.15) is 0 Å². The molecule has 0 N–H and O–H groups in total. The first-order valence-corrected chi connectivity index (χ1v) is 11.3. The molecule has 152 valence electrons. The van der Waals surface area contributed by atoms with Gasteiger partial charge in [-0.1, -0.05) is 65.1 Å². The van der Waals surface area contributed by atoms with E-state index in [2.05, 4.69) is 0 Å². The third kappa shape index (κ3) is 4.25. The zero-order valence-corrected chi connectivity index (χ0v) is 18.9. The molecule has 31 heavy (non-hydrogen) atoms. The Kier molecular flexibility index (Phi) is 5.55. The van der Waals surface area contributed by atoms with E-state index in [-0.39, 0.29) is 0 Å². The molecule has 0 aliphatic heterocycles. The lowest BCUT2D eigenvalue weighted by Crippen LogP contribution is -2.05. The van der Waals surface area contributed by atoms with E-state index in [1.807, 2.05) is 53.9 Å². The molecule has 0 fully saturated rings. The summed E-state index contributed by atoms with van der Waals surface area (Å²) in [5.41, 5.74) is 4.45. The summed E-state index contributed by atoms with van der Waals surface area (Å²) in [5.74, 6) is 0. The zero-order valence-electron chi connectivity index (χ0n) is 15.9. The average molecular weight is 484 g/mol. The van der Waals surface area contributed by atoms with Crippen molar-refractivity contribution in [2.45, 2.75) is 0 Å². The summed E-state index contributed by atoms with van der Waals surface area (Å²) in [5, 5.41) is 5.22. The third-order valence-corrected chi connectivity index (χ3v) is 6.50. The van der Waals surface area contributed by atoms with E-state index >= 15 is 0 Å². The Balaban J connectivity index is 1.72. The number of hydrogen-bond acceptors (Lipinski definition) is 4. The summed E-state index contributed by atoms with van der Waals surface area (Å²) < 4.78 is 6.16. The maximum Gasteiger partial charge on any atom is 0.230 e. The largest absolute Gasteiger partial charge is 0.438 e. The van der Waals surface area contributed by atoms with Crippen molar-refractivity contribution in [3.05, 3.63) is 98.8 Å². The molecule has 2 heterocycles. The highest BCUT2D eigenvalue weighted by Gasteiger charge is 2.13. The molecule has 7 heteroatoms. The first-order valence-electron chi connectivity index (χ1n) is 9.31. The Labute approximate surface area is 197 Å². The van der Waals surface area contributed by atoms with Crippen molar-refractivity contribution >= 4 is 62.8 Å². The van der Waals surface area contributed by atoms with Gasteiger partial charge in [0.1, 0.15) is 10.6 Å². The van der Waals surface area contributed by atoms with Gasteiger partial charge in [0.15, 0.2) is 0 Å². The Hall–Kier alpha value is -2.63. The first-order chi connectivity index (χ1) is 15.1. The van der Waals surface area contributed by atoms with Gasteiger partial charge in [-0.25, -0.2) is 9.98 Å². The highest BCUT2D eigenvalue weighted by molar-refractivity contribution is 7.13. The van der Waals surface area contributed by atoms with Crippen molar-refractivity contribution < 1.29 is 4.42 Å². The zero-order chi connectivity index (χ0) is 21.4. The fourth-order valence-corrected chi connectivity index (χ4v) is 4.46. The topological polar surface area (TPSA) is 38.4 Å². The highest BCUT2D eigenvalue weighted by Crippen LogP contribution is 2.31. The number of nitrogens with zero attached hydrogens (tertiary/aromatic N) is 2. The number of fused-ring (bicyclic) bond motifs is 1. The summed E-state index contributed by atoms with van der Waals surface area (Å²) in [6, 6.07) is 22.7. The monoisotopic (exact) mass is 482 g/mol. The van der Waals surface area contributed by atoms with Gasteiger partial charge in [0.2, 0.25) is 5.55 Å². The van der Waals surface area contributed by atoms with Crippen molar-refractivity contribution in [3.8, 4) is 21.8 Å². The summed E-state index contributed by atoms with van der Waals surface area (Å²) in [4.78, 5) is 9.53. The van der Waals surface area contributed by atoms with Crippen LogP contribution in [-0.4, -0.2) is 4.98 Å². The number of halogens is 3. The summed E-state index contributed by atoms with van der Waals surface area (Å²) in [7, 11) is 0. The van der Waals surface area contributed by atoms with Crippen molar-refractivity contribution in [1.82, 2.24) is 4.98 Å². The standard InChI is InChI=1S/C24H13Cl3N2OS/c25-16-6-9-22-15(10-16)11-18(23(30-22)28-17-7-8-19(26)20(27)12-17)24-29-21(13-31-24)14-4-2-1-3-5-14/h1-13H. The quantitative estimate of drug-likeness (QED) is 0.258. The van der Waals surface area contributed by atoms with E-state index in [1.165, 1.54) is 11.3 Å². The van der Waals surface area contributed by atoms with Crippen LogP contribution in [0.15, 0.2) is 87.6 Å². The minimum absolute atomic E-state index is 0.428. The smallest absolute Gasteiger partial charge is 0.230 e. The van der Waals surface area contributed by atoms with Crippen LogP contribution < -0.4 is 5.55 Å². The summed E-state index contributed by atoms with van der Waals surface area (Å²) in [6.45, 7) is 0. The van der Waals surface area contributed by atoms with Gasteiger partial charge in [-0.05, 0) is 42.5 Å². The maximum absolute atomic E-state index is 6.20. The SMILES string of the molecule is Clc1ccc2oc(=Nc3ccc(Cl)c(Cl)c3)c(-c3nc(-c4ccccc4)cs3)cc2c1. The Bertz CT molecular complexity index is 1480. The number of aromatic nitrogens is 1. The normalized spacial score (nSPS) is 11.9. The molecule has 0 aliphatic carbocycles. The van der Waals surface area contributed by atoms with Gasteiger partial charge >= 0.3 is 0 Å². The van der Waals surface area contributed by atoms with E-state index in [1.54, 1.807) is 24.3 Å². The lowest BCUT2D eigenvalue weighted by atomic mass is 10.1. The second kappa shape index (κ2) is 8.48. The van der Waals surface area contributed by atoms with Crippen molar-refractivity contribution in [2.75, 3.05) is 0 Å². The highest BCUT2D eigenvalue weighted by atomic mass is 35.5. The van der Waals surface area contributed by atoms with Crippen LogP contribution in [0.4, 0.5) is 5.69 Å². The number of thiazole rings is 1. The minimum atomic E-state index is 0.428. The van der Waals surface area contributed by atoms with E-state index in [9.17, 15) is 0 Å². The Morgan fingerprint density at radius 2 is 1.68 bits per heavy atom. The second-order valence-electron chi connectivity index (χ2n) is 6.76. The molecule has 0 unspecified atom stereocenters. The van der Waals surface area contributed by atoms with E-state index < -0.39 is 0 Å². The molecule has 0 saturated carbocycles. The predicted octanol–water partition coefficient (Wildman–Crippen LogP) is 8.42. The fourth-order valence-electron chi connectivity index (χ4n) is 3.15. The van der Waals surface area contributed by atoms with Gasteiger partial charge in [-0.3, -0.25) is 0 Å². The van der Waals surface area contributed by atoms with Gasteiger partial charge in [0.05, 0.1) is 27.0 Å². The van der Waals surface area contributed by atoms with Crippen LogP contribution in [0.3, 0.4) is 0 Å². The first kappa shape index (κ1) is 20.3. The van der Waals surface area contributed by atoms with Gasteiger partial charge in [-0.15, -0.1) is 11.3 Å². The fraction of sp³-hybridized carbons (Fsp3) is 0. The molecule has 2 aromatic heterocycles. The molecule has 0 radical (unpaired) electrons. The predicted molar refractivity (Wildman–Crippen MR) is 129 cm³/mol. The Morgan fingerprint density at radius 1 is 0.839 bits per heavy atom.